The highest BCUT2D eigenvalue weighted by Gasteiger charge is 2.52. The van der Waals surface area contributed by atoms with E-state index in [1.54, 1.807) is 0 Å². The van der Waals surface area contributed by atoms with Crippen LogP contribution in [0.3, 0.4) is 0 Å². The molecule has 4 saturated heterocycles. The van der Waals surface area contributed by atoms with Gasteiger partial charge in [0.2, 0.25) is 23.8 Å². The lowest BCUT2D eigenvalue weighted by molar-refractivity contribution is -0.357. The molecule has 0 bridgehead atoms. The third-order valence-electron chi connectivity index (χ3n) is 11.4. The molecular weight excluding hydrogens is 868 g/mol. The number of aliphatic hydroxyl groups excluding tert-OH is 13. The molecule has 0 unspecified atom stereocenters. The van der Waals surface area contributed by atoms with Crippen molar-refractivity contribution in [1.82, 2.24) is 0 Å². The molecular formula is C39H50O25. The number of fused-ring (bicyclic) bond motifs is 1. The molecule has 25 heteroatoms. The largest absolute Gasteiger partial charge is 0.508 e. The average Bonchev–Trinajstić information content (AvgIpc) is 3.27. The van der Waals surface area contributed by atoms with Gasteiger partial charge in [0.25, 0.3) is 0 Å². The Kier molecular flexibility index (Phi) is 14.6. The summed E-state index contributed by atoms with van der Waals surface area (Å²) in [5.41, 5.74) is -1.49. The molecule has 0 aliphatic carbocycles. The van der Waals surface area contributed by atoms with E-state index in [1.807, 2.05) is 0 Å². The van der Waals surface area contributed by atoms with Crippen molar-refractivity contribution in [3.8, 4) is 34.3 Å². The first-order chi connectivity index (χ1) is 30.3. The molecule has 4 aliphatic rings. The fourth-order valence-electron chi connectivity index (χ4n) is 7.61. The minimum atomic E-state index is -2.06. The standard InChI is InChI=1S/C39H50O25/c1-11-21(44)26(49)30(53)36(57-11)56-10-19-24(47)28(51)32(55)38(62-19)63-34-25(48)20-15(43)6-14(7-16(20)59-33(34)12-2-4-13(42)5-3-12)58-39-35(29(52)23(46)18(9-41)61-39)64-37-31(54)27(50)22(45)17(8-40)60-37/h2-7,11,17-19,21-24,26-32,35-47,49-55H,8-10H2,1H3/t11-,17-,18-,19+,21-,22+,23+,24+,26-,27-,28+,29-,30-,31+,32+,35+,36+,37-,38-,39+/m0/s1. The van der Waals surface area contributed by atoms with Crippen LogP contribution in [-0.4, -0.2) is 219 Å². The molecule has 4 aliphatic heterocycles. The van der Waals surface area contributed by atoms with Crippen LogP contribution < -0.4 is 14.9 Å². The van der Waals surface area contributed by atoms with Gasteiger partial charge in [-0.15, -0.1) is 0 Å². The quantitative estimate of drug-likeness (QED) is 0.0804. The highest BCUT2D eigenvalue weighted by molar-refractivity contribution is 5.88. The predicted molar refractivity (Wildman–Crippen MR) is 204 cm³/mol. The maximum atomic E-state index is 14.3. The summed E-state index contributed by atoms with van der Waals surface area (Å²) in [6, 6.07) is 6.94. The first-order valence-electron chi connectivity index (χ1n) is 19.9. The van der Waals surface area contributed by atoms with E-state index in [0.717, 1.165) is 12.1 Å². The highest BCUT2D eigenvalue weighted by Crippen LogP contribution is 2.39. The van der Waals surface area contributed by atoms with Gasteiger partial charge in [-0.25, -0.2) is 0 Å². The Morgan fingerprint density at radius 1 is 0.578 bits per heavy atom. The topological polar surface area (TPSA) is 408 Å². The molecule has 356 valence electrons. The number of hydrogen-bond acceptors (Lipinski definition) is 25. The van der Waals surface area contributed by atoms with Crippen LogP contribution in [-0.2, 0) is 28.4 Å². The summed E-state index contributed by atoms with van der Waals surface area (Å²) in [5, 5.41) is 156. The molecule has 0 spiro atoms. The number of hydrogen-bond donors (Lipinski definition) is 15. The van der Waals surface area contributed by atoms with Gasteiger partial charge in [-0.3, -0.25) is 4.79 Å². The number of ether oxygens (including phenoxy) is 8. The number of rotatable bonds is 12. The van der Waals surface area contributed by atoms with E-state index in [1.165, 1.54) is 31.2 Å². The second-order valence-corrected chi connectivity index (χ2v) is 15.7. The Bertz CT molecular complexity index is 2100. The van der Waals surface area contributed by atoms with Gasteiger partial charge in [-0.1, -0.05) is 0 Å². The summed E-state index contributed by atoms with van der Waals surface area (Å²) in [6.45, 7) is -0.969. The zero-order valence-corrected chi connectivity index (χ0v) is 33.4. The molecule has 0 saturated carbocycles. The van der Waals surface area contributed by atoms with Crippen LogP contribution in [0.4, 0.5) is 0 Å². The second-order valence-electron chi connectivity index (χ2n) is 15.7. The summed E-state index contributed by atoms with van der Waals surface area (Å²) < 4.78 is 51.2. The van der Waals surface area contributed by atoms with Crippen molar-refractivity contribution < 1.29 is 119 Å². The first-order valence-corrected chi connectivity index (χ1v) is 19.9. The van der Waals surface area contributed by atoms with Gasteiger partial charge in [0, 0.05) is 17.7 Å². The summed E-state index contributed by atoms with van der Waals surface area (Å²) in [6.07, 6.45) is -34.8. The summed E-state index contributed by atoms with van der Waals surface area (Å²) >= 11 is 0. The highest BCUT2D eigenvalue weighted by atomic mass is 16.8. The lowest BCUT2D eigenvalue weighted by Gasteiger charge is -2.45. The number of phenols is 2. The fourth-order valence-corrected chi connectivity index (χ4v) is 7.61. The average molecular weight is 919 g/mol. The Balaban J connectivity index is 1.20. The first kappa shape index (κ1) is 48.0. The lowest BCUT2D eigenvalue weighted by Crippen LogP contribution is -2.65. The van der Waals surface area contributed by atoms with Crippen LogP contribution in [0.5, 0.6) is 23.0 Å². The van der Waals surface area contributed by atoms with Crippen LogP contribution >= 0.6 is 0 Å². The summed E-state index contributed by atoms with van der Waals surface area (Å²) in [5.74, 6) is -2.59. The molecule has 15 N–H and O–H groups in total. The Morgan fingerprint density at radius 2 is 1.12 bits per heavy atom. The van der Waals surface area contributed by atoms with Gasteiger partial charge < -0.3 is 119 Å². The smallest absolute Gasteiger partial charge is 0.239 e. The minimum absolute atomic E-state index is 0.0492. The Labute approximate surface area is 360 Å². The molecule has 4 fully saturated rings. The number of aromatic hydroxyl groups is 2. The molecule has 2 aromatic carbocycles. The third kappa shape index (κ3) is 9.25. The Morgan fingerprint density at radius 3 is 1.77 bits per heavy atom. The van der Waals surface area contributed by atoms with Gasteiger partial charge >= 0.3 is 0 Å². The molecule has 20 atom stereocenters. The molecule has 0 radical (unpaired) electrons. The van der Waals surface area contributed by atoms with Crippen molar-refractivity contribution in [3.05, 3.63) is 46.6 Å². The van der Waals surface area contributed by atoms with Crippen molar-refractivity contribution in [3.63, 3.8) is 0 Å². The maximum Gasteiger partial charge on any atom is 0.239 e. The van der Waals surface area contributed by atoms with E-state index in [9.17, 15) is 81.4 Å². The van der Waals surface area contributed by atoms with Crippen molar-refractivity contribution in [2.24, 2.45) is 0 Å². The van der Waals surface area contributed by atoms with E-state index >= 15 is 0 Å². The van der Waals surface area contributed by atoms with Crippen molar-refractivity contribution >= 4 is 11.0 Å². The van der Waals surface area contributed by atoms with Crippen LogP contribution in [0.1, 0.15) is 6.92 Å². The minimum Gasteiger partial charge on any atom is -0.508 e. The molecule has 64 heavy (non-hydrogen) atoms. The number of benzene rings is 2. The van der Waals surface area contributed by atoms with Gasteiger partial charge in [-0.05, 0) is 31.2 Å². The van der Waals surface area contributed by atoms with E-state index in [0.29, 0.717) is 0 Å². The van der Waals surface area contributed by atoms with E-state index in [-0.39, 0.29) is 17.1 Å². The van der Waals surface area contributed by atoms with Crippen LogP contribution in [0.2, 0.25) is 0 Å². The van der Waals surface area contributed by atoms with Gasteiger partial charge in [0.05, 0.1) is 25.9 Å². The zero-order chi connectivity index (χ0) is 46.5. The van der Waals surface area contributed by atoms with Crippen molar-refractivity contribution in [2.45, 2.75) is 130 Å². The molecule has 3 aromatic rings. The lowest BCUT2D eigenvalue weighted by atomic mass is 9.97. The molecule has 25 nitrogen and oxygen atoms in total. The van der Waals surface area contributed by atoms with E-state index < -0.39 is 176 Å². The summed E-state index contributed by atoms with van der Waals surface area (Å²) in [4.78, 5) is 14.3. The summed E-state index contributed by atoms with van der Waals surface area (Å²) in [7, 11) is 0. The number of aliphatic hydroxyl groups is 13. The molecule has 5 heterocycles. The number of phenolic OH excluding ortho intramolecular Hbond substituents is 2. The molecule has 7 rings (SSSR count). The normalized spacial score (nSPS) is 40.6. The van der Waals surface area contributed by atoms with Crippen LogP contribution in [0, 0.1) is 0 Å². The zero-order valence-electron chi connectivity index (χ0n) is 33.4. The van der Waals surface area contributed by atoms with Crippen molar-refractivity contribution in [2.75, 3.05) is 19.8 Å². The van der Waals surface area contributed by atoms with E-state index in [2.05, 4.69) is 0 Å². The molecule has 1 aromatic heterocycles. The second kappa shape index (κ2) is 19.5. The van der Waals surface area contributed by atoms with Gasteiger partial charge in [0.1, 0.15) is 114 Å². The fraction of sp³-hybridized carbons (Fsp3) is 0.615. The SMILES string of the molecule is C[C@@H]1O[C@@H](OC[C@H]2O[C@@H](Oc3c(-c4ccc(O)cc4)oc4cc(O[C@@H]5O[C@@H](CO)[C@@H](O)[C@H](O)[C@H]5O[C@@H]5O[C@@H](CO)[C@@H](O)[C@H](O)[C@H]5O)cc(O)c4c3=O)[C@H](O)[C@H](O)[C@@H]2O)[C@@H](O)[C@@H](O)[C@H]1O. The van der Waals surface area contributed by atoms with Gasteiger partial charge in [-0.2, -0.15) is 0 Å². The Hall–Kier alpha value is -3.91. The van der Waals surface area contributed by atoms with Gasteiger partial charge in [0.15, 0.2) is 24.4 Å². The third-order valence-corrected chi connectivity index (χ3v) is 11.4. The van der Waals surface area contributed by atoms with Crippen LogP contribution in [0.15, 0.2) is 45.6 Å². The maximum absolute atomic E-state index is 14.3. The monoisotopic (exact) mass is 918 g/mol. The molecule has 0 amide bonds. The van der Waals surface area contributed by atoms with E-state index in [4.69, 9.17) is 42.3 Å². The predicted octanol–water partition coefficient (Wildman–Crippen LogP) is -6.10. The van der Waals surface area contributed by atoms with Crippen LogP contribution in [0.25, 0.3) is 22.3 Å². The van der Waals surface area contributed by atoms with Crippen molar-refractivity contribution in [1.29, 1.82) is 0 Å².